The van der Waals surface area contributed by atoms with Crippen LogP contribution in [0.2, 0.25) is 0 Å². The summed E-state index contributed by atoms with van der Waals surface area (Å²) in [6, 6.07) is 8.43. The maximum absolute atomic E-state index is 13.2. The van der Waals surface area contributed by atoms with Gasteiger partial charge in [-0.3, -0.25) is 19.9 Å². The number of benzene rings is 1. The fraction of sp³-hybridized carbons (Fsp3) is 0.400. The van der Waals surface area contributed by atoms with Crippen molar-refractivity contribution in [1.82, 2.24) is 15.2 Å². The lowest BCUT2D eigenvalue weighted by Crippen LogP contribution is -2.48. The van der Waals surface area contributed by atoms with Gasteiger partial charge in [0.25, 0.3) is 11.6 Å². The van der Waals surface area contributed by atoms with Crippen molar-refractivity contribution < 1.29 is 9.72 Å². The topological polar surface area (TPSA) is 88.4 Å². The number of hydrogen-bond donors (Lipinski definition) is 1. The third-order valence-corrected chi connectivity index (χ3v) is 4.82. The Bertz CT molecular complexity index is 852. The van der Waals surface area contributed by atoms with Crippen LogP contribution in [0, 0.1) is 10.1 Å². The Hall–Kier alpha value is -2.51. The average molecular weight is 405 g/mol. The summed E-state index contributed by atoms with van der Waals surface area (Å²) in [5.74, 6) is -0.200. The van der Waals surface area contributed by atoms with Crippen LogP contribution >= 0.6 is 12.4 Å². The summed E-state index contributed by atoms with van der Waals surface area (Å²) < 4.78 is 0. The van der Waals surface area contributed by atoms with Crippen LogP contribution in [0.15, 0.2) is 42.7 Å². The number of aromatic nitrogens is 1. The van der Waals surface area contributed by atoms with E-state index in [1.54, 1.807) is 29.4 Å². The number of piperazine rings is 1. The average Bonchev–Trinajstić information content (AvgIpc) is 2.67. The van der Waals surface area contributed by atoms with Gasteiger partial charge < -0.3 is 10.2 Å². The molecule has 0 aliphatic carbocycles. The number of halogens is 1. The molecule has 7 nitrogen and oxygen atoms in total. The highest BCUT2D eigenvalue weighted by Gasteiger charge is 2.31. The lowest BCUT2D eigenvalue weighted by Gasteiger charge is -2.36. The van der Waals surface area contributed by atoms with Crippen LogP contribution in [0.1, 0.15) is 48.3 Å². The molecule has 1 aliphatic rings. The summed E-state index contributed by atoms with van der Waals surface area (Å²) in [5.41, 5.74) is 1.51. The number of pyridine rings is 1. The van der Waals surface area contributed by atoms with Gasteiger partial charge in [-0.15, -0.1) is 12.4 Å². The molecule has 0 saturated carbocycles. The number of rotatable bonds is 3. The minimum absolute atomic E-state index is 0. The summed E-state index contributed by atoms with van der Waals surface area (Å²) in [7, 11) is 0. The van der Waals surface area contributed by atoms with Crippen LogP contribution in [0.4, 0.5) is 5.69 Å². The number of nitrogens with zero attached hydrogens (tertiary/aromatic N) is 3. The molecule has 3 rings (SSSR count). The van der Waals surface area contributed by atoms with Crippen molar-refractivity contribution in [2.75, 3.05) is 19.6 Å². The van der Waals surface area contributed by atoms with E-state index in [2.05, 4.69) is 10.3 Å². The molecule has 0 spiro atoms. The molecular formula is C20H25ClN4O3. The highest BCUT2D eigenvalue weighted by atomic mass is 35.5. The zero-order valence-electron chi connectivity index (χ0n) is 16.2. The van der Waals surface area contributed by atoms with Crippen molar-refractivity contribution in [3.63, 3.8) is 0 Å². The van der Waals surface area contributed by atoms with Gasteiger partial charge in [-0.05, 0) is 23.1 Å². The molecule has 150 valence electrons. The highest BCUT2D eigenvalue weighted by molar-refractivity contribution is 5.95. The second-order valence-corrected chi connectivity index (χ2v) is 7.74. The summed E-state index contributed by atoms with van der Waals surface area (Å²) in [4.78, 5) is 30.2. The molecule has 1 N–H and O–H groups in total. The van der Waals surface area contributed by atoms with Crippen molar-refractivity contribution >= 4 is 24.0 Å². The predicted octanol–water partition coefficient (Wildman–Crippen LogP) is 3.50. The molecule has 1 amide bonds. The van der Waals surface area contributed by atoms with Gasteiger partial charge in [0.2, 0.25) is 0 Å². The molecule has 0 radical (unpaired) electrons. The summed E-state index contributed by atoms with van der Waals surface area (Å²) >= 11 is 0. The number of nitrogens with one attached hydrogen (secondary N) is 1. The Morgan fingerprint density at radius 2 is 2.07 bits per heavy atom. The van der Waals surface area contributed by atoms with Crippen molar-refractivity contribution in [3.05, 3.63) is 69.5 Å². The van der Waals surface area contributed by atoms with Crippen molar-refractivity contribution in [1.29, 1.82) is 0 Å². The number of nitro benzene ring substituents is 1. The Balaban J connectivity index is 0.00000280. The molecule has 1 atom stereocenters. The zero-order chi connectivity index (χ0) is 19.6. The Morgan fingerprint density at radius 3 is 2.68 bits per heavy atom. The Kier molecular flexibility index (Phi) is 6.74. The van der Waals surface area contributed by atoms with E-state index in [-0.39, 0.29) is 35.5 Å². The van der Waals surface area contributed by atoms with E-state index < -0.39 is 4.92 Å². The number of carbonyl (C=O) groups excluding carboxylic acids is 1. The van der Waals surface area contributed by atoms with Gasteiger partial charge in [0.15, 0.2) is 0 Å². The van der Waals surface area contributed by atoms with Gasteiger partial charge in [-0.25, -0.2) is 0 Å². The quantitative estimate of drug-likeness (QED) is 0.624. The van der Waals surface area contributed by atoms with E-state index in [9.17, 15) is 14.9 Å². The number of nitro groups is 1. The van der Waals surface area contributed by atoms with Crippen molar-refractivity contribution in [2.24, 2.45) is 0 Å². The molecule has 28 heavy (non-hydrogen) atoms. The SMILES string of the molecule is CC(C)(C)c1ccc(C(=O)N2CCNCC2c2cccnc2)cc1[N+](=O)[O-].Cl. The lowest BCUT2D eigenvalue weighted by atomic mass is 9.85. The molecule has 1 aliphatic heterocycles. The molecule has 1 unspecified atom stereocenters. The predicted molar refractivity (Wildman–Crippen MR) is 110 cm³/mol. The van der Waals surface area contributed by atoms with Crippen molar-refractivity contribution in [3.8, 4) is 0 Å². The van der Waals surface area contributed by atoms with E-state index in [0.29, 0.717) is 30.8 Å². The van der Waals surface area contributed by atoms with E-state index in [1.165, 1.54) is 6.07 Å². The van der Waals surface area contributed by atoms with Crippen LogP contribution in [-0.4, -0.2) is 40.3 Å². The summed E-state index contributed by atoms with van der Waals surface area (Å²) in [6.45, 7) is 7.61. The molecule has 1 fully saturated rings. The first-order valence-electron chi connectivity index (χ1n) is 8.99. The van der Waals surface area contributed by atoms with E-state index in [1.807, 2.05) is 32.9 Å². The van der Waals surface area contributed by atoms with Gasteiger partial charge in [0.1, 0.15) is 0 Å². The minimum atomic E-state index is -0.409. The number of hydrogen-bond acceptors (Lipinski definition) is 5. The standard InChI is InChI=1S/C20H24N4O3.ClH/c1-20(2,3)16-7-6-14(11-17(16)24(26)27)19(25)23-10-9-22-13-18(23)15-5-4-8-21-12-15;/h4-8,11-12,18,22H,9-10,13H2,1-3H3;1H. The molecule has 1 saturated heterocycles. The van der Waals surface area contributed by atoms with Crippen LogP contribution in [0.5, 0.6) is 0 Å². The maximum Gasteiger partial charge on any atom is 0.273 e. The van der Waals surface area contributed by atoms with Gasteiger partial charge in [-0.2, -0.15) is 0 Å². The normalized spacial score (nSPS) is 17.0. The van der Waals surface area contributed by atoms with Crippen molar-refractivity contribution in [2.45, 2.75) is 32.2 Å². The van der Waals surface area contributed by atoms with E-state index in [4.69, 9.17) is 0 Å². The monoisotopic (exact) mass is 404 g/mol. The van der Waals surface area contributed by atoms with Crippen LogP contribution in [-0.2, 0) is 5.41 Å². The highest BCUT2D eigenvalue weighted by Crippen LogP contribution is 2.33. The van der Waals surface area contributed by atoms with E-state index in [0.717, 1.165) is 5.56 Å². The first kappa shape index (κ1) is 21.8. The molecule has 8 heteroatoms. The molecular weight excluding hydrogens is 380 g/mol. The third-order valence-electron chi connectivity index (χ3n) is 4.82. The summed E-state index contributed by atoms with van der Waals surface area (Å²) in [6.07, 6.45) is 3.45. The molecule has 2 heterocycles. The number of amides is 1. The Morgan fingerprint density at radius 1 is 1.32 bits per heavy atom. The first-order valence-corrected chi connectivity index (χ1v) is 8.99. The van der Waals surface area contributed by atoms with Gasteiger partial charge in [0, 0.05) is 49.2 Å². The number of carbonyl (C=O) groups is 1. The van der Waals surface area contributed by atoms with Crippen LogP contribution in [0.3, 0.4) is 0 Å². The van der Waals surface area contributed by atoms with Crippen LogP contribution < -0.4 is 5.32 Å². The van der Waals surface area contributed by atoms with Gasteiger partial charge >= 0.3 is 0 Å². The fourth-order valence-electron chi connectivity index (χ4n) is 3.43. The molecule has 1 aromatic carbocycles. The largest absolute Gasteiger partial charge is 0.329 e. The smallest absolute Gasteiger partial charge is 0.273 e. The fourth-order valence-corrected chi connectivity index (χ4v) is 3.43. The first-order chi connectivity index (χ1) is 12.8. The molecule has 2 aromatic rings. The Labute approximate surface area is 170 Å². The van der Waals surface area contributed by atoms with Gasteiger partial charge in [-0.1, -0.05) is 32.9 Å². The minimum Gasteiger partial charge on any atom is -0.329 e. The van der Waals surface area contributed by atoms with Gasteiger partial charge in [0.05, 0.1) is 11.0 Å². The summed E-state index contributed by atoms with van der Waals surface area (Å²) in [5, 5.41) is 14.9. The maximum atomic E-state index is 13.2. The molecule has 0 bridgehead atoms. The molecule has 1 aromatic heterocycles. The van der Waals surface area contributed by atoms with E-state index >= 15 is 0 Å². The second kappa shape index (κ2) is 8.67. The second-order valence-electron chi connectivity index (χ2n) is 7.74. The zero-order valence-corrected chi connectivity index (χ0v) is 17.0. The van der Waals surface area contributed by atoms with Crippen LogP contribution in [0.25, 0.3) is 0 Å². The third kappa shape index (κ3) is 4.48. The lowest BCUT2D eigenvalue weighted by molar-refractivity contribution is -0.386.